The van der Waals surface area contributed by atoms with Crippen molar-refractivity contribution < 1.29 is 9.47 Å². The van der Waals surface area contributed by atoms with Crippen LogP contribution in [-0.4, -0.2) is 54.8 Å². The summed E-state index contributed by atoms with van der Waals surface area (Å²) >= 11 is 3.41. The molecule has 0 radical (unpaired) electrons. The summed E-state index contributed by atoms with van der Waals surface area (Å²) in [5.41, 5.74) is 1.31. The predicted octanol–water partition coefficient (Wildman–Crippen LogP) is 2.72. The van der Waals surface area contributed by atoms with Crippen molar-refractivity contribution in [3.63, 3.8) is 0 Å². The van der Waals surface area contributed by atoms with Crippen molar-refractivity contribution in [2.24, 2.45) is 5.92 Å². The van der Waals surface area contributed by atoms with Crippen LogP contribution in [-0.2, 0) is 4.74 Å². The minimum absolute atomic E-state index is 0.147. The molecular formula is C18H24BrN5O2. The van der Waals surface area contributed by atoms with Gasteiger partial charge in [0.15, 0.2) is 18.4 Å². The number of hydrogen-bond donors (Lipinski definition) is 1. The van der Waals surface area contributed by atoms with E-state index in [4.69, 9.17) is 9.47 Å². The highest BCUT2D eigenvalue weighted by molar-refractivity contribution is 9.10. The number of rotatable bonds is 6. The zero-order valence-corrected chi connectivity index (χ0v) is 16.9. The van der Waals surface area contributed by atoms with Gasteiger partial charge in [0.2, 0.25) is 0 Å². The Hall–Kier alpha value is -1.77. The summed E-state index contributed by atoms with van der Waals surface area (Å²) in [6, 6.07) is 6.24. The molecule has 2 aromatic rings. The average molecular weight is 422 g/mol. The van der Waals surface area contributed by atoms with Crippen molar-refractivity contribution in [3.05, 3.63) is 28.9 Å². The van der Waals surface area contributed by atoms with Gasteiger partial charge < -0.3 is 19.7 Å². The fourth-order valence-corrected chi connectivity index (χ4v) is 3.21. The fraction of sp³-hybridized carbons (Fsp3) is 0.500. The normalized spacial score (nSPS) is 17.6. The number of aromatic nitrogens is 3. The highest BCUT2D eigenvalue weighted by atomic mass is 79.9. The lowest BCUT2D eigenvalue weighted by Crippen LogP contribution is -2.53. The van der Waals surface area contributed by atoms with Gasteiger partial charge in [-0.15, -0.1) is 10.2 Å². The van der Waals surface area contributed by atoms with Gasteiger partial charge in [0.05, 0.1) is 0 Å². The first-order chi connectivity index (χ1) is 12.6. The molecule has 0 aromatic carbocycles. The Bertz CT molecular complexity index is 726. The van der Waals surface area contributed by atoms with Crippen molar-refractivity contribution in [2.75, 3.05) is 38.4 Å². The summed E-state index contributed by atoms with van der Waals surface area (Å²) in [5.74, 6) is 2.07. The number of nitrogens with one attached hydrogen (secondary N) is 1. The van der Waals surface area contributed by atoms with Crippen LogP contribution in [0.3, 0.4) is 0 Å². The van der Waals surface area contributed by atoms with Gasteiger partial charge in [-0.05, 0) is 40.0 Å². The van der Waals surface area contributed by atoms with Crippen LogP contribution in [0, 0.1) is 5.92 Å². The number of anilines is 1. The van der Waals surface area contributed by atoms with Gasteiger partial charge in [0.1, 0.15) is 11.4 Å². The van der Waals surface area contributed by atoms with Crippen molar-refractivity contribution >= 4 is 21.7 Å². The van der Waals surface area contributed by atoms with E-state index in [0.29, 0.717) is 29.1 Å². The zero-order chi connectivity index (χ0) is 18.5. The Morgan fingerprint density at radius 3 is 2.88 bits per heavy atom. The molecule has 3 rings (SSSR count). The van der Waals surface area contributed by atoms with Gasteiger partial charge >= 0.3 is 0 Å². The molecule has 1 unspecified atom stereocenters. The Morgan fingerprint density at radius 2 is 2.19 bits per heavy atom. The Labute approximate surface area is 162 Å². The van der Waals surface area contributed by atoms with Gasteiger partial charge in [-0.1, -0.05) is 13.8 Å². The molecular weight excluding hydrogens is 398 g/mol. The van der Waals surface area contributed by atoms with E-state index < -0.39 is 0 Å². The maximum Gasteiger partial charge on any atom is 0.188 e. The molecule has 3 heterocycles. The van der Waals surface area contributed by atoms with Gasteiger partial charge in [0.25, 0.3) is 0 Å². The first-order valence-corrected chi connectivity index (χ1v) is 9.47. The molecule has 0 aliphatic carbocycles. The smallest absolute Gasteiger partial charge is 0.188 e. The van der Waals surface area contributed by atoms with Crippen LogP contribution in [0.4, 0.5) is 5.82 Å². The maximum atomic E-state index is 5.61. The lowest BCUT2D eigenvalue weighted by atomic mass is 10.0. The first-order valence-electron chi connectivity index (χ1n) is 8.68. The van der Waals surface area contributed by atoms with Crippen molar-refractivity contribution in [1.82, 2.24) is 20.5 Å². The molecule has 1 N–H and O–H groups in total. The molecule has 7 nitrogen and oxygen atoms in total. The minimum Gasteiger partial charge on any atom is -0.465 e. The molecule has 0 saturated carbocycles. The summed E-state index contributed by atoms with van der Waals surface area (Å²) in [6.07, 6.45) is 1.72. The van der Waals surface area contributed by atoms with E-state index in [2.05, 4.69) is 55.2 Å². The van der Waals surface area contributed by atoms with Crippen LogP contribution < -0.4 is 15.0 Å². The molecule has 0 spiro atoms. The number of hydrogen-bond acceptors (Lipinski definition) is 7. The van der Waals surface area contributed by atoms with Crippen molar-refractivity contribution in [3.8, 4) is 17.1 Å². The third-order valence-electron chi connectivity index (χ3n) is 4.38. The van der Waals surface area contributed by atoms with E-state index in [1.165, 1.54) is 0 Å². The number of halogens is 1. The third kappa shape index (κ3) is 4.49. The molecule has 2 aromatic heterocycles. The van der Waals surface area contributed by atoms with Crippen LogP contribution in [0.5, 0.6) is 5.75 Å². The molecule has 0 amide bonds. The van der Waals surface area contributed by atoms with E-state index in [9.17, 15) is 0 Å². The lowest BCUT2D eigenvalue weighted by Gasteiger charge is -2.36. The molecule has 1 fully saturated rings. The monoisotopic (exact) mass is 421 g/mol. The van der Waals surface area contributed by atoms with Crippen LogP contribution in [0.1, 0.15) is 13.8 Å². The van der Waals surface area contributed by atoms with Crippen LogP contribution >= 0.6 is 15.9 Å². The second-order valence-electron chi connectivity index (χ2n) is 6.58. The maximum absolute atomic E-state index is 5.61. The minimum atomic E-state index is 0.147. The first kappa shape index (κ1) is 19.0. The largest absolute Gasteiger partial charge is 0.465 e. The average Bonchev–Trinajstić information content (AvgIpc) is 2.67. The van der Waals surface area contributed by atoms with E-state index in [1.807, 2.05) is 18.2 Å². The number of pyridine rings is 1. The van der Waals surface area contributed by atoms with Crippen molar-refractivity contribution in [2.45, 2.75) is 19.9 Å². The number of nitrogens with zero attached hydrogens (tertiary/aromatic N) is 4. The van der Waals surface area contributed by atoms with Gasteiger partial charge in [-0.25, -0.2) is 4.98 Å². The van der Waals surface area contributed by atoms with E-state index >= 15 is 0 Å². The molecule has 1 atom stereocenters. The standard InChI is InChI=1S/C18H24BrN5O2/c1-12(2)15-10-24(7-6-20-15)17-5-4-14(22-23-17)18-16(26-11-25-3)8-13(19)9-21-18/h4-5,8-9,12,15,20H,6-7,10-11H2,1-3H3. The number of methoxy groups -OCH3 is 1. The third-order valence-corrected chi connectivity index (χ3v) is 4.81. The van der Waals surface area contributed by atoms with E-state index in [1.54, 1.807) is 13.3 Å². The van der Waals surface area contributed by atoms with Crippen LogP contribution in [0.25, 0.3) is 11.4 Å². The van der Waals surface area contributed by atoms with E-state index in [0.717, 1.165) is 29.9 Å². The molecule has 0 bridgehead atoms. The second-order valence-corrected chi connectivity index (χ2v) is 7.49. The highest BCUT2D eigenvalue weighted by Gasteiger charge is 2.23. The highest BCUT2D eigenvalue weighted by Crippen LogP contribution is 2.29. The summed E-state index contributed by atoms with van der Waals surface area (Å²) in [4.78, 5) is 6.70. The van der Waals surface area contributed by atoms with E-state index in [-0.39, 0.29) is 6.79 Å². The van der Waals surface area contributed by atoms with Gasteiger partial charge in [0, 0.05) is 43.5 Å². The summed E-state index contributed by atoms with van der Waals surface area (Å²) in [6.45, 7) is 7.43. The van der Waals surface area contributed by atoms with Crippen LogP contribution in [0.15, 0.2) is 28.9 Å². The number of piperazine rings is 1. The zero-order valence-electron chi connectivity index (χ0n) is 15.3. The SMILES string of the molecule is COCOc1cc(Br)cnc1-c1ccc(N2CCNC(C(C)C)C2)nn1. The Balaban J connectivity index is 1.79. The lowest BCUT2D eigenvalue weighted by molar-refractivity contribution is 0.0512. The summed E-state index contributed by atoms with van der Waals surface area (Å²) in [5, 5.41) is 12.4. The fourth-order valence-electron chi connectivity index (χ4n) is 2.90. The molecule has 1 aliphatic rings. The topological polar surface area (TPSA) is 72.4 Å². The summed E-state index contributed by atoms with van der Waals surface area (Å²) in [7, 11) is 1.58. The summed E-state index contributed by atoms with van der Waals surface area (Å²) < 4.78 is 11.4. The van der Waals surface area contributed by atoms with Crippen LogP contribution in [0.2, 0.25) is 0 Å². The Morgan fingerprint density at radius 1 is 1.35 bits per heavy atom. The predicted molar refractivity (Wildman–Crippen MR) is 104 cm³/mol. The Kier molecular flexibility index (Phi) is 6.39. The molecule has 1 saturated heterocycles. The molecule has 8 heteroatoms. The van der Waals surface area contributed by atoms with Crippen molar-refractivity contribution in [1.29, 1.82) is 0 Å². The molecule has 1 aliphatic heterocycles. The molecule has 26 heavy (non-hydrogen) atoms. The van der Waals surface area contributed by atoms with Gasteiger partial charge in [-0.3, -0.25) is 0 Å². The second kappa shape index (κ2) is 8.75. The quantitative estimate of drug-likeness (QED) is 0.718. The molecule has 140 valence electrons. The van der Waals surface area contributed by atoms with Gasteiger partial charge in [-0.2, -0.15) is 0 Å². The number of ether oxygens (including phenoxy) is 2.